The second-order valence-electron chi connectivity index (χ2n) is 4.05. The van der Waals surface area contributed by atoms with Gasteiger partial charge in [0, 0.05) is 19.8 Å². The quantitative estimate of drug-likeness (QED) is 0.722. The maximum absolute atomic E-state index is 11.7. The Balaban J connectivity index is 2.38. The van der Waals surface area contributed by atoms with E-state index in [-0.39, 0.29) is 12.0 Å². The number of aromatic nitrogens is 2. The SMILES string of the molecule is Cc1nn(C)cc1C(=O)NCCCC(C)O. The smallest absolute Gasteiger partial charge is 0.254 e. The van der Waals surface area contributed by atoms with E-state index in [4.69, 9.17) is 5.11 Å². The molecule has 0 aliphatic rings. The Labute approximate surface area is 95.5 Å². The van der Waals surface area contributed by atoms with Crippen LogP contribution in [0.1, 0.15) is 35.8 Å². The van der Waals surface area contributed by atoms with Gasteiger partial charge in [-0.15, -0.1) is 0 Å². The van der Waals surface area contributed by atoms with Crippen molar-refractivity contribution in [1.82, 2.24) is 15.1 Å². The van der Waals surface area contributed by atoms with Gasteiger partial charge in [0.2, 0.25) is 0 Å². The predicted molar refractivity (Wildman–Crippen MR) is 61.2 cm³/mol. The largest absolute Gasteiger partial charge is 0.393 e. The molecule has 2 N–H and O–H groups in total. The van der Waals surface area contributed by atoms with Gasteiger partial charge in [0.1, 0.15) is 0 Å². The summed E-state index contributed by atoms with van der Waals surface area (Å²) in [6.45, 7) is 4.13. The number of amides is 1. The molecule has 0 aromatic carbocycles. The van der Waals surface area contributed by atoms with E-state index in [0.29, 0.717) is 18.5 Å². The van der Waals surface area contributed by atoms with Gasteiger partial charge in [-0.25, -0.2) is 0 Å². The lowest BCUT2D eigenvalue weighted by molar-refractivity contribution is 0.0949. The van der Waals surface area contributed by atoms with E-state index in [0.717, 1.165) is 12.1 Å². The van der Waals surface area contributed by atoms with Gasteiger partial charge in [-0.05, 0) is 26.7 Å². The molecule has 1 atom stereocenters. The average molecular weight is 225 g/mol. The first-order valence-corrected chi connectivity index (χ1v) is 5.47. The van der Waals surface area contributed by atoms with Crippen LogP contribution in [0, 0.1) is 6.92 Å². The van der Waals surface area contributed by atoms with Gasteiger partial charge in [-0.1, -0.05) is 0 Å². The highest BCUT2D eigenvalue weighted by Crippen LogP contribution is 2.04. The number of carbonyl (C=O) groups excluding carboxylic acids is 1. The first kappa shape index (κ1) is 12.7. The van der Waals surface area contributed by atoms with E-state index in [1.165, 1.54) is 0 Å². The van der Waals surface area contributed by atoms with E-state index in [2.05, 4.69) is 10.4 Å². The minimum atomic E-state index is -0.308. The fourth-order valence-corrected chi connectivity index (χ4v) is 1.52. The van der Waals surface area contributed by atoms with Crippen LogP contribution < -0.4 is 5.32 Å². The molecule has 1 aromatic heterocycles. The Morgan fingerprint density at radius 1 is 1.69 bits per heavy atom. The maximum atomic E-state index is 11.7. The van der Waals surface area contributed by atoms with Crippen LogP contribution in [0.3, 0.4) is 0 Å². The summed E-state index contributed by atoms with van der Waals surface area (Å²) in [6, 6.07) is 0. The van der Waals surface area contributed by atoms with Crippen molar-refractivity contribution in [2.24, 2.45) is 7.05 Å². The van der Waals surface area contributed by atoms with Crippen molar-refractivity contribution < 1.29 is 9.90 Å². The van der Waals surface area contributed by atoms with Crippen molar-refractivity contribution in [3.8, 4) is 0 Å². The molecule has 1 heterocycles. The molecule has 90 valence electrons. The number of hydrogen-bond donors (Lipinski definition) is 2. The number of aliphatic hydroxyl groups excluding tert-OH is 1. The van der Waals surface area contributed by atoms with Gasteiger partial charge >= 0.3 is 0 Å². The molecule has 0 fully saturated rings. The normalized spacial score (nSPS) is 12.5. The van der Waals surface area contributed by atoms with Crippen molar-refractivity contribution in [3.05, 3.63) is 17.5 Å². The van der Waals surface area contributed by atoms with Crippen LogP contribution in [0.4, 0.5) is 0 Å². The summed E-state index contributed by atoms with van der Waals surface area (Å²) in [5.41, 5.74) is 1.34. The third-order valence-electron chi connectivity index (χ3n) is 2.34. The van der Waals surface area contributed by atoms with E-state index < -0.39 is 0 Å². The monoisotopic (exact) mass is 225 g/mol. The van der Waals surface area contributed by atoms with Crippen molar-refractivity contribution in [1.29, 1.82) is 0 Å². The lowest BCUT2D eigenvalue weighted by Gasteiger charge is -2.05. The molecule has 0 saturated carbocycles. The van der Waals surface area contributed by atoms with Crippen LogP contribution in [0.15, 0.2) is 6.20 Å². The Morgan fingerprint density at radius 3 is 2.88 bits per heavy atom. The Bertz CT molecular complexity index is 358. The zero-order valence-corrected chi connectivity index (χ0v) is 10.0. The zero-order chi connectivity index (χ0) is 12.1. The highest BCUT2D eigenvalue weighted by atomic mass is 16.3. The van der Waals surface area contributed by atoms with Crippen molar-refractivity contribution in [2.45, 2.75) is 32.8 Å². The van der Waals surface area contributed by atoms with Crippen LogP contribution in [0.2, 0.25) is 0 Å². The predicted octanol–water partition coefficient (Wildman–Crippen LogP) is 0.619. The molecule has 5 heteroatoms. The molecule has 5 nitrogen and oxygen atoms in total. The second kappa shape index (κ2) is 5.65. The van der Waals surface area contributed by atoms with E-state index in [1.807, 2.05) is 6.92 Å². The molecule has 0 aliphatic carbocycles. The minimum absolute atomic E-state index is 0.101. The van der Waals surface area contributed by atoms with Gasteiger partial charge in [0.15, 0.2) is 0 Å². The first-order chi connectivity index (χ1) is 7.50. The van der Waals surface area contributed by atoms with Gasteiger partial charge < -0.3 is 10.4 Å². The molecular formula is C11H19N3O2. The highest BCUT2D eigenvalue weighted by Gasteiger charge is 2.11. The maximum Gasteiger partial charge on any atom is 0.254 e. The third-order valence-corrected chi connectivity index (χ3v) is 2.34. The minimum Gasteiger partial charge on any atom is -0.393 e. The molecule has 1 rings (SSSR count). The number of aryl methyl sites for hydroxylation is 2. The fraction of sp³-hybridized carbons (Fsp3) is 0.636. The molecule has 0 radical (unpaired) electrons. The van der Waals surface area contributed by atoms with Crippen LogP contribution in [0.25, 0.3) is 0 Å². The van der Waals surface area contributed by atoms with Gasteiger partial charge in [0.05, 0.1) is 17.4 Å². The summed E-state index contributed by atoms with van der Waals surface area (Å²) < 4.78 is 1.63. The topological polar surface area (TPSA) is 67.2 Å². The summed E-state index contributed by atoms with van der Waals surface area (Å²) in [5, 5.41) is 16.0. The number of nitrogens with zero attached hydrogens (tertiary/aromatic N) is 2. The number of aliphatic hydroxyl groups is 1. The molecule has 0 bridgehead atoms. The van der Waals surface area contributed by atoms with Crippen LogP contribution in [-0.4, -0.2) is 33.4 Å². The third kappa shape index (κ3) is 3.66. The van der Waals surface area contributed by atoms with Crippen molar-refractivity contribution in [2.75, 3.05) is 6.54 Å². The lowest BCUT2D eigenvalue weighted by atomic mass is 10.2. The summed E-state index contributed by atoms with van der Waals surface area (Å²) in [6.07, 6.45) is 2.88. The molecule has 0 aliphatic heterocycles. The molecular weight excluding hydrogens is 206 g/mol. The summed E-state index contributed by atoms with van der Waals surface area (Å²) in [7, 11) is 1.79. The number of hydrogen-bond acceptors (Lipinski definition) is 3. The zero-order valence-electron chi connectivity index (χ0n) is 10.0. The summed E-state index contributed by atoms with van der Waals surface area (Å²) >= 11 is 0. The fourth-order valence-electron chi connectivity index (χ4n) is 1.52. The van der Waals surface area contributed by atoms with Crippen LogP contribution >= 0.6 is 0 Å². The second-order valence-corrected chi connectivity index (χ2v) is 4.05. The van der Waals surface area contributed by atoms with Crippen molar-refractivity contribution in [3.63, 3.8) is 0 Å². The Kier molecular flexibility index (Phi) is 4.49. The Hall–Kier alpha value is -1.36. The van der Waals surface area contributed by atoms with Gasteiger partial charge in [0.25, 0.3) is 5.91 Å². The number of carbonyl (C=O) groups is 1. The molecule has 1 amide bonds. The van der Waals surface area contributed by atoms with Gasteiger partial charge in [-0.3, -0.25) is 9.48 Å². The molecule has 0 saturated heterocycles. The van der Waals surface area contributed by atoms with Gasteiger partial charge in [-0.2, -0.15) is 5.10 Å². The average Bonchev–Trinajstić information content (AvgIpc) is 2.52. The lowest BCUT2D eigenvalue weighted by Crippen LogP contribution is -2.25. The molecule has 1 unspecified atom stereocenters. The van der Waals surface area contributed by atoms with Crippen molar-refractivity contribution >= 4 is 5.91 Å². The standard InChI is InChI=1S/C11H19N3O2/c1-8(15)5-4-6-12-11(16)10-7-14(3)13-9(10)2/h7-8,15H,4-6H2,1-3H3,(H,12,16). The molecule has 0 spiro atoms. The molecule has 16 heavy (non-hydrogen) atoms. The van der Waals surface area contributed by atoms with E-state index >= 15 is 0 Å². The first-order valence-electron chi connectivity index (χ1n) is 5.47. The van der Waals surface area contributed by atoms with E-state index in [9.17, 15) is 4.79 Å². The van der Waals surface area contributed by atoms with Crippen LogP contribution in [0.5, 0.6) is 0 Å². The highest BCUT2D eigenvalue weighted by molar-refractivity contribution is 5.94. The summed E-state index contributed by atoms with van der Waals surface area (Å²) in [5.74, 6) is -0.101. The van der Waals surface area contributed by atoms with Crippen LogP contribution in [-0.2, 0) is 7.05 Å². The number of rotatable bonds is 5. The summed E-state index contributed by atoms with van der Waals surface area (Å²) in [4.78, 5) is 11.7. The number of nitrogens with one attached hydrogen (secondary N) is 1. The van der Waals surface area contributed by atoms with E-state index in [1.54, 1.807) is 24.9 Å². The molecule has 1 aromatic rings. The Morgan fingerprint density at radius 2 is 2.38 bits per heavy atom.